The van der Waals surface area contributed by atoms with E-state index in [-0.39, 0.29) is 22.2 Å². The highest BCUT2D eigenvalue weighted by Crippen LogP contribution is 2.25. The van der Waals surface area contributed by atoms with Crippen LogP contribution in [0, 0.1) is 6.92 Å². The third-order valence-corrected chi connectivity index (χ3v) is 4.20. The molecule has 0 aliphatic carbocycles. The number of nitrogens with two attached hydrogens (primary N) is 1. The predicted molar refractivity (Wildman–Crippen MR) is 74.5 cm³/mol. The second kappa shape index (κ2) is 6.23. The number of amides is 1. The van der Waals surface area contributed by atoms with Crippen molar-refractivity contribution in [1.82, 2.24) is 10.0 Å². The van der Waals surface area contributed by atoms with Gasteiger partial charge in [0.15, 0.2) is 0 Å². The van der Waals surface area contributed by atoms with Crippen molar-refractivity contribution in [2.75, 3.05) is 18.8 Å². The van der Waals surface area contributed by atoms with Crippen LogP contribution in [0.2, 0.25) is 5.02 Å². The maximum Gasteiger partial charge on any atom is 0.241 e. The second-order valence-corrected chi connectivity index (χ2v) is 6.07. The van der Waals surface area contributed by atoms with Gasteiger partial charge in [-0.15, -0.1) is 0 Å². The van der Waals surface area contributed by atoms with Crippen molar-refractivity contribution in [2.24, 2.45) is 0 Å². The zero-order valence-electron chi connectivity index (χ0n) is 10.7. The lowest BCUT2D eigenvalue weighted by Gasteiger charge is -2.11. The number of benzene rings is 1. The maximum absolute atomic E-state index is 12.1. The van der Waals surface area contributed by atoms with E-state index in [1.54, 1.807) is 13.8 Å². The lowest BCUT2D eigenvalue weighted by molar-refractivity contribution is -0.119. The quantitative estimate of drug-likeness (QED) is 0.695. The van der Waals surface area contributed by atoms with E-state index in [0.29, 0.717) is 12.1 Å². The number of carbonyl (C=O) groups is 1. The molecule has 0 aliphatic heterocycles. The van der Waals surface area contributed by atoms with Gasteiger partial charge < -0.3 is 11.1 Å². The molecule has 1 amide bonds. The van der Waals surface area contributed by atoms with Gasteiger partial charge in [-0.2, -0.15) is 0 Å². The van der Waals surface area contributed by atoms with E-state index in [2.05, 4.69) is 10.0 Å². The van der Waals surface area contributed by atoms with Crippen LogP contribution >= 0.6 is 11.6 Å². The van der Waals surface area contributed by atoms with Crippen molar-refractivity contribution in [3.63, 3.8) is 0 Å². The number of hydrogen-bond acceptors (Lipinski definition) is 4. The topological polar surface area (TPSA) is 101 Å². The molecule has 6 nitrogen and oxygen atoms in total. The number of hydrogen-bond donors (Lipinski definition) is 3. The van der Waals surface area contributed by atoms with Crippen LogP contribution in [0.3, 0.4) is 0 Å². The molecule has 0 bridgehead atoms. The van der Waals surface area contributed by atoms with Crippen LogP contribution < -0.4 is 15.8 Å². The van der Waals surface area contributed by atoms with Crippen LogP contribution in [-0.4, -0.2) is 27.4 Å². The van der Waals surface area contributed by atoms with Gasteiger partial charge in [-0.1, -0.05) is 11.6 Å². The molecule has 1 aromatic carbocycles. The summed E-state index contributed by atoms with van der Waals surface area (Å²) in [6.45, 7) is 3.42. The Morgan fingerprint density at radius 2 is 2.05 bits per heavy atom. The van der Waals surface area contributed by atoms with Crippen LogP contribution in [0.4, 0.5) is 5.69 Å². The molecule has 8 heteroatoms. The van der Waals surface area contributed by atoms with E-state index < -0.39 is 15.9 Å². The van der Waals surface area contributed by atoms with E-state index in [0.717, 1.165) is 0 Å². The van der Waals surface area contributed by atoms with E-state index in [9.17, 15) is 13.2 Å². The van der Waals surface area contributed by atoms with Crippen LogP contribution in [0.25, 0.3) is 0 Å². The first-order chi connectivity index (χ1) is 8.77. The van der Waals surface area contributed by atoms with E-state index in [1.165, 1.54) is 12.1 Å². The van der Waals surface area contributed by atoms with Gasteiger partial charge in [0.05, 0.1) is 11.4 Å². The molecule has 0 aromatic heterocycles. The molecule has 0 spiro atoms. The zero-order chi connectivity index (χ0) is 14.6. The summed E-state index contributed by atoms with van der Waals surface area (Å²) in [5, 5.41) is 2.71. The van der Waals surface area contributed by atoms with Crippen LogP contribution in [0.15, 0.2) is 17.0 Å². The summed E-state index contributed by atoms with van der Waals surface area (Å²) in [4.78, 5) is 11.2. The van der Waals surface area contributed by atoms with E-state index in [1.807, 2.05) is 0 Å². The minimum absolute atomic E-state index is 0.0261. The minimum atomic E-state index is -3.82. The Balaban J connectivity index is 2.98. The fourth-order valence-corrected chi connectivity index (χ4v) is 3.02. The average Bonchev–Trinajstić information content (AvgIpc) is 2.31. The first-order valence-electron chi connectivity index (χ1n) is 5.60. The largest absolute Gasteiger partial charge is 0.398 e. The van der Waals surface area contributed by atoms with Crippen LogP contribution in [0.1, 0.15) is 12.5 Å². The minimum Gasteiger partial charge on any atom is -0.398 e. The highest BCUT2D eigenvalue weighted by atomic mass is 35.5. The Morgan fingerprint density at radius 1 is 1.42 bits per heavy atom. The Hall–Kier alpha value is -1.31. The number of halogens is 1. The maximum atomic E-state index is 12.1. The third kappa shape index (κ3) is 4.09. The molecule has 0 fully saturated rings. The summed E-state index contributed by atoms with van der Waals surface area (Å²) < 4.78 is 26.3. The number of anilines is 1. The monoisotopic (exact) mass is 305 g/mol. The molecule has 0 saturated heterocycles. The molecule has 0 aliphatic rings. The molecular formula is C11H16ClN3O3S. The first-order valence-corrected chi connectivity index (χ1v) is 7.46. The second-order valence-electron chi connectivity index (χ2n) is 3.90. The molecule has 1 aromatic rings. The molecule has 0 heterocycles. The number of nitrogens with one attached hydrogen (secondary N) is 2. The fraction of sp³-hybridized carbons (Fsp3) is 0.364. The smallest absolute Gasteiger partial charge is 0.241 e. The Morgan fingerprint density at radius 3 is 2.63 bits per heavy atom. The summed E-state index contributed by atoms with van der Waals surface area (Å²) in [5.74, 6) is -0.404. The van der Waals surface area contributed by atoms with Gasteiger partial charge in [-0.25, -0.2) is 13.1 Å². The number of likely N-dealkylation sites (N-methyl/N-ethyl adjacent to an activating group) is 1. The van der Waals surface area contributed by atoms with E-state index >= 15 is 0 Å². The van der Waals surface area contributed by atoms with Gasteiger partial charge in [0.25, 0.3) is 0 Å². The van der Waals surface area contributed by atoms with Gasteiger partial charge >= 0.3 is 0 Å². The highest BCUT2D eigenvalue weighted by Gasteiger charge is 2.19. The van der Waals surface area contributed by atoms with E-state index in [4.69, 9.17) is 17.3 Å². The molecule has 0 saturated carbocycles. The van der Waals surface area contributed by atoms with Crippen molar-refractivity contribution in [3.05, 3.63) is 22.7 Å². The molecule has 4 N–H and O–H groups in total. The highest BCUT2D eigenvalue weighted by molar-refractivity contribution is 7.89. The summed E-state index contributed by atoms with van der Waals surface area (Å²) in [7, 11) is -3.82. The lowest BCUT2D eigenvalue weighted by atomic mass is 10.2. The molecule has 0 atom stereocenters. The predicted octanol–water partition coefficient (Wildman–Crippen LogP) is 0.645. The van der Waals surface area contributed by atoms with Crippen molar-refractivity contribution in [2.45, 2.75) is 18.7 Å². The van der Waals surface area contributed by atoms with Crippen molar-refractivity contribution >= 4 is 33.2 Å². The van der Waals surface area contributed by atoms with Crippen molar-refractivity contribution < 1.29 is 13.2 Å². The molecule has 19 heavy (non-hydrogen) atoms. The molecule has 0 unspecified atom stereocenters. The number of rotatable bonds is 5. The standard InChI is InChI=1S/C11H16ClN3O3S/c1-3-14-11(16)6-15-19(17,18)10-5-8(12)4-9(13)7(10)2/h4-5,15H,3,6,13H2,1-2H3,(H,14,16). The van der Waals surface area contributed by atoms with Crippen molar-refractivity contribution in [3.8, 4) is 0 Å². The van der Waals surface area contributed by atoms with Gasteiger partial charge in [0, 0.05) is 17.3 Å². The van der Waals surface area contributed by atoms with Crippen molar-refractivity contribution in [1.29, 1.82) is 0 Å². The van der Waals surface area contributed by atoms with Crippen LogP contribution in [0.5, 0.6) is 0 Å². The van der Waals surface area contributed by atoms with Gasteiger partial charge in [0.1, 0.15) is 0 Å². The summed E-state index contributed by atoms with van der Waals surface area (Å²) in [6.07, 6.45) is 0. The average molecular weight is 306 g/mol. The Kier molecular flexibility index (Phi) is 5.16. The normalized spacial score (nSPS) is 11.3. The fourth-order valence-electron chi connectivity index (χ4n) is 1.45. The van der Waals surface area contributed by atoms with Crippen LogP contribution in [-0.2, 0) is 14.8 Å². The first kappa shape index (κ1) is 15.7. The third-order valence-electron chi connectivity index (χ3n) is 2.45. The summed E-state index contributed by atoms with van der Waals surface area (Å²) in [5.41, 5.74) is 6.35. The van der Waals surface area contributed by atoms with Gasteiger partial charge in [-0.05, 0) is 31.5 Å². The summed E-state index contributed by atoms with van der Waals surface area (Å²) in [6, 6.07) is 2.77. The van der Waals surface area contributed by atoms with Gasteiger partial charge in [-0.3, -0.25) is 4.79 Å². The molecule has 1 rings (SSSR count). The zero-order valence-corrected chi connectivity index (χ0v) is 12.2. The summed E-state index contributed by atoms with van der Waals surface area (Å²) >= 11 is 5.79. The molecular weight excluding hydrogens is 290 g/mol. The Bertz CT molecular complexity index is 587. The number of carbonyl (C=O) groups excluding carboxylic acids is 1. The SMILES string of the molecule is CCNC(=O)CNS(=O)(=O)c1cc(Cl)cc(N)c1C. The number of nitrogen functional groups attached to an aromatic ring is 1. The molecule has 0 radical (unpaired) electrons. The Labute approximate surface area is 117 Å². The number of sulfonamides is 1. The van der Waals surface area contributed by atoms with Gasteiger partial charge in [0.2, 0.25) is 15.9 Å². The lowest BCUT2D eigenvalue weighted by Crippen LogP contribution is -2.37. The molecule has 106 valence electrons.